The van der Waals surface area contributed by atoms with Crippen molar-refractivity contribution in [1.82, 2.24) is 4.72 Å². The fourth-order valence-electron chi connectivity index (χ4n) is 2.13. The molecule has 2 N–H and O–H groups in total. The molecule has 0 aliphatic carbocycles. The highest BCUT2D eigenvalue weighted by atomic mass is 32.2. The van der Waals surface area contributed by atoms with Gasteiger partial charge in [-0.25, -0.2) is 12.8 Å². The Morgan fingerprint density at radius 2 is 1.85 bits per heavy atom. The molecule has 0 radical (unpaired) electrons. The Morgan fingerprint density at radius 1 is 1.11 bits per heavy atom. The number of anilines is 1. The number of halogens is 1. The Bertz CT molecular complexity index is 960. The molecule has 2 rings (SSSR count). The molecule has 0 saturated carbocycles. The van der Waals surface area contributed by atoms with Gasteiger partial charge < -0.3 is 10.1 Å². The molecule has 2 aromatic carbocycles. The first-order chi connectivity index (χ1) is 12.7. The van der Waals surface area contributed by atoms with Gasteiger partial charge in [-0.1, -0.05) is 18.2 Å². The first-order valence-electron chi connectivity index (χ1n) is 7.95. The van der Waals surface area contributed by atoms with E-state index < -0.39 is 40.9 Å². The third-order valence-corrected chi connectivity index (χ3v) is 4.94. The van der Waals surface area contributed by atoms with Crippen LogP contribution in [0.1, 0.15) is 11.1 Å². The van der Waals surface area contributed by atoms with E-state index in [9.17, 15) is 22.4 Å². The molecule has 0 heterocycles. The van der Waals surface area contributed by atoms with Crippen LogP contribution in [0.15, 0.2) is 47.4 Å². The molecule has 27 heavy (non-hydrogen) atoms. The lowest BCUT2D eigenvalue weighted by Crippen LogP contribution is -2.32. The second kappa shape index (κ2) is 8.74. The molecule has 0 aliphatic rings. The molecule has 7 nitrogen and oxygen atoms in total. The molecule has 0 atom stereocenters. The number of carbonyl (C=O) groups excluding carboxylic acids is 2. The van der Waals surface area contributed by atoms with Crippen LogP contribution in [-0.4, -0.2) is 33.4 Å². The summed E-state index contributed by atoms with van der Waals surface area (Å²) < 4.78 is 43.8. The Hall–Kier alpha value is -2.78. The van der Waals surface area contributed by atoms with Crippen molar-refractivity contribution in [3.8, 4) is 0 Å². The van der Waals surface area contributed by atoms with Crippen molar-refractivity contribution in [1.29, 1.82) is 0 Å². The van der Waals surface area contributed by atoms with Gasteiger partial charge in [-0.05, 0) is 49.2 Å². The zero-order valence-electron chi connectivity index (χ0n) is 14.8. The van der Waals surface area contributed by atoms with Gasteiger partial charge in [0.05, 0.1) is 4.90 Å². The molecule has 0 saturated heterocycles. The minimum Gasteiger partial charge on any atom is -0.455 e. The summed E-state index contributed by atoms with van der Waals surface area (Å²) in [6.45, 7) is 2.45. The van der Waals surface area contributed by atoms with Crippen molar-refractivity contribution in [2.45, 2.75) is 18.7 Å². The first-order valence-corrected chi connectivity index (χ1v) is 9.43. The van der Waals surface area contributed by atoms with Gasteiger partial charge >= 0.3 is 5.97 Å². The first kappa shape index (κ1) is 20.5. The Kier molecular flexibility index (Phi) is 6.65. The Balaban J connectivity index is 1.83. The third-order valence-electron chi connectivity index (χ3n) is 3.54. The maximum atomic E-state index is 13.1. The van der Waals surface area contributed by atoms with E-state index in [0.717, 1.165) is 23.3 Å². The summed E-state index contributed by atoms with van der Waals surface area (Å²) in [6.07, 6.45) is 0. The van der Waals surface area contributed by atoms with Gasteiger partial charge in [0.15, 0.2) is 6.61 Å². The molecule has 1 amide bonds. The van der Waals surface area contributed by atoms with Gasteiger partial charge in [0, 0.05) is 5.69 Å². The Morgan fingerprint density at radius 3 is 2.56 bits per heavy atom. The summed E-state index contributed by atoms with van der Waals surface area (Å²) in [5, 5.41) is 2.61. The number of esters is 1. The summed E-state index contributed by atoms with van der Waals surface area (Å²) in [4.78, 5) is 23.2. The van der Waals surface area contributed by atoms with E-state index in [1.807, 2.05) is 30.7 Å². The summed E-state index contributed by atoms with van der Waals surface area (Å²) in [5.41, 5.74) is 2.41. The summed E-state index contributed by atoms with van der Waals surface area (Å²) in [5.74, 6) is -2.21. The zero-order valence-corrected chi connectivity index (χ0v) is 15.6. The fraction of sp³-hybridized carbons (Fsp3) is 0.222. The topological polar surface area (TPSA) is 102 Å². The average Bonchev–Trinajstić information content (AvgIpc) is 2.61. The minimum atomic E-state index is -4.07. The summed E-state index contributed by atoms with van der Waals surface area (Å²) in [6, 6.07) is 9.87. The number of sulfonamides is 1. The van der Waals surface area contributed by atoms with E-state index in [-0.39, 0.29) is 4.90 Å². The highest BCUT2D eigenvalue weighted by molar-refractivity contribution is 7.89. The van der Waals surface area contributed by atoms with E-state index in [2.05, 4.69) is 5.32 Å². The molecule has 0 unspecified atom stereocenters. The van der Waals surface area contributed by atoms with Gasteiger partial charge in [0.1, 0.15) is 12.4 Å². The van der Waals surface area contributed by atoms with Crippen LogP contribution in [0.4, 0.5) is 10.1 Å². The predicted molar refractivity (Wildman–Crippen MR) is 97.1 cm³/mol. The largest absolute Gasteiger partial charge is 0.455 e. The van der Waals surface area contributed by atoms with Gasteiger partial charge in [-0.2, -0.15) is 4.72 Å². The second-order valence-electron chi connectivity index (χ2n) is 5.81. The number of ether oxygens (including phenoxy) is 1. The number of nitrogens with one attached hydrogen (secondary N) is 2. The summed E-state index contributed by atoms with van der Waals surface area (Å²) >= 11 is 0. The lowest BCUT2D eigenvalue weighted by molar-refractivity contribution is -0.146. The molecule has 9 heteroatoms. The van der Waals surface area contributed by atoms with Crippen LogP contribution in [0.5, 0.6) is 0 Å². The van der Waals surface area contributed by atoms with Gasteiger partial charge in [0.2, 0.25) is 10.0 Å². The van der Waals surface area contributed by atoms with Crippen molar-refractivity contribution < 1.29 is 27.1 Å². The highest BCUT2D eigenvalue weighted by Crippen LogP contribution is 2.16. The van der Waals surface area contributed by atoms with Crippen LogP contribution in [0.3, 0.4) is 0 Å². The zero-order chi connectivity index (χ0) is 20.0. The molecule has 0 bridgehead atoms. The number of aryl methyl sites for hydroxylation is 2. The van der Waals surface area contributed by atoms with E-state index in [0.29, 0.717) is 5.69 Å². The molecular formula is C18H19FN2O5S. The van der Waals surface area contributed by atoms with Gasteiger partial charge in [-0.15, -0.1) is 0 Å². The van der Waals surface area contributed by atoms with Crippen molar-refractivity contribution in [2.24, 2.45) is 0 Å². The lowest BCUT2D eigenvalue weighted by atomic mass is 10.1. The monoisotopic (exact) mass is 394 g/mol. The second-order valence-corrected chi connectivity index (χ2v) is 7.58. The van der Waals surface area contributed by atoms with Crippen molar-refractivity contribution in [3.63, 3.8) is 0 Å². The van der Waals surface area contributed by atoms with Crippen LogP contribution in [0.25, 0.3) is 0 Å². The molecule has 0 spiro atoms. The average molecular weight is 394 g/mol. The normalized spacial score (nSPS) is 11.1. The SMILES string of the molecule is Cc1ccc(C)c(NC(=O)COC(=O)CNS(=O)(=O)c2cccc(F)c2)c1. The van der Waals surface area contributed by atoms with Crippen molar-refractivity contribution in [3.05, 3.63) is 59.4 Å². The van der Waals surface area contributed by atoms with E-state index >= 15 is 0 Å². The van der Waals surface area contributed by atoms with E-state index in [4.69, 9.17) is 4.74 Å². The molecule has 0 fully saturated rings. The molecule has 0 aromatic heterocycles. The summed E-state index contributed by atoms with van der Waals surface area (Å²) in [7, 11) is -4.07. The maximum absolute atomic E-state index is 13.1. The molecule has 0 aliphatic heterocycles. The number of rotatable bonds is 7. The number of carbonyl (C=O) groups is 2. The van der Waals surface area contributed by atoms with E-state index in [1.54, 1.807) is 6.07 Å². The van der Waals surface area contributed by atoms with Crippen LogP contribution < -0.4 is 10.0 Å². The minimum absolute atomic E-state index is 0.317. The highest BCUT2D eigenvalue weighted by Gasteiger charge is 2.17. The number of hydrogen-bond acceptors (Lipinski definition) is 5. The predicted octanol–water partition coefficient (Wildman–Crippen LogP) is 1.90. The van der Waals surface area contributed by atoms with Crippen LogP contribution in [0.2, 0.25) is 0 Å². The van der Waals surface area contributed by atoms with Crippen molar-refractivity contribution in [2.75, 3.05) is 18.5 Å². The number of hydrogen-bond donors (Lipinski definition) is 2. The van der Waals surface area contributed by atoms with Crippen molar-refractivity contribution >= 4 is 27.6 Å². The smallest absolute Gasteiger partial charge is 0.321 e. The number of amides is 1. The molecular weight excluding hydrogens is 375 g/mol. The molecule has 2 aromatic rings. The number of benzene rings is 2. The maximum Gasteiger partial charge on any atom is 0.321 e. The van der Waals surface area contributed by atoms with Crippen LogP contribution >= 0.6 is 0 Å². The molecule has 144 valence electrons. The van der Waals surface area contributed by atoms with Crippen LogP contribution in [-0.2, 0) is 24.3 Å². The van der Waals surface area contributed by atoms with E-state index in [1.165, 1.54) is 12.1 Å². The Labute approximate surface area is 156 Å². The lowest BCUT2D eigenvalue weighted by Gasteiger charge is -2.10. The quantitative estimate of drug-likeness (QED) is 0.699. The van der Waals surface area contributed by atoms with Gasteiger partial charge in [-0.3, -0.25) is 9.59 Å². The van der Waals surface area contributed by atoms with Crippen LogP contribution in [0, 0.1) is 19.7 Å². The standard InChI is InChI=1S/C18H19FN2O5S/c1-12-6-7-13(2)16(8-12)21-17(22)11-26-18(23)10-20-27(24,25)15-5-3-4-14(19)9-15/h3-9,20H,10-11H2,1-2H3,(H,21,22). The third kappa shape index (κ3) is 6.15. The fourth-order valence-corrected chi connectivity index (χ4v) is 3.13. The van der Waals surface area contributed by atoms with Gasteiger partial charge in [0.25, 0.3) is 5.91 Å².